The second kappa shape index (κ2) is 5.41. The van der Waals surface area contributed by atoms with Crippen molar-refractivity contribution in [1.82, 2.24) is 5.32 Å². The molecule has 1 aliphatic carbocycles. The fraction of sp³-hybridized carbons (Fsp3) is 0.467. The zero-order valence-electron chi connectivity index (χ0n) is 11.0. The molecule has 1 aromatic carbocycles. The molecule has 4 heteroatoms. The van der Waals surface area contributed by atoms with Gasteiger partial charge in [0.2, 0.25) is 5.91 Å². The van der Waals surface area contributed by atoms with E-state index in [-0.39, 0.29) is 12.0 Å². The summed E-state index contributed by atoms with van der Waals surface area (Å²) in [5, 5.41) is 21.5. The summed E-state index contributed by atoms with van der Waals surface area (Å²) < 4.78 is 0. The summed E-state index contributed by atoms with van der Waals surface area (Å²) in [4.78, 5) is 11.5. The van der Waals surface area contributed by atoms with Crippen LogP contribution in [0, 0.1) is 11.3 Å². The third kappa shape index (κ3) is 2.94. The Labute approximate surface area is 113 Å². The van der Waals surface area contributed by atoms with Crippen molar-refractivity contribution in [3.8, 4) is 6.07 Å². The lowest BCUT2D eigenvalue weighted by Gasteiger charge is -2.40. The third-order valence-electron chi connectivity index (χ3n) is 3.79. The van der Waals surface area contributed by atoms with Gasteiger partial charge in [-0.1, -0.05) is 12.1 Å². The lowest BCUT2D eigenvalue weighted by molar-refractivity contribution is -0.121. The molecule has 19 heavy (non-hydrogen) atoms. The topological polar surface area (TPSA) is 73.1 Å². The van der Waals surface area contributed by atoms with E-state index in [1.165, 1.54) is 6.92 Å². The van der Waals surface area contributed by atoms with Crippen LogP contribution in [0.4, 0.5) is 0 Å². The summed E-state index contributed by atoms with van der Waals surface area (Å²) >= 11 is 0. The molecule has 1 amide bonds. The van der Waals surface area contributed by atoms with E-state index >= 15 is 0 Å². The number of hydrogen-bond donors (Lipinski definition) is 2. The summed E-state index contributed by atoms with van der Waals surface area (Å²) in [6.45, 7) is 1.51. The first-order chi connectivity index (χ1) is 9.05. The molecular weight excluding hydrogens is 240 g/mol. The van der Waals surface area contributed by atoms with Crippen molar-refractivity contribution in [2.45, 2.75) is 44.2 Å². The molecule has 1 saturated carbocycles. The van der Waals surface area contributed by atoms with Gasteiger partial charge >= 0.3 is 0 Å². The number of benzene rings is 1. The monoisotopic (exact) mass is 258 g/mol. The summed E-state index contributed by atoms with van der Waals surface area (Å²) in [5.41, 5.74) is 1.21. The SMILES string of the molecule is CC(=O)NC1(c2ccc(C#N)cc2)CCC(O)CC1. The van der Waals surface area contributed by atoms with Crippen LogP contribution in [0.15, 0.2) is 24.3 Å². The van der Waals surface area contributed by atoms with Crippen molar-refractivity contribution in [3.63, 3.8) is 0 Å². The predicted octanol–water partition coefficient (Wildman–Crippen LogP) is 1.82. The van der Waals surface area contributed by atoms with Gasteiger partial charge in [-0.05, 0) is 43.4 Å². The molecule has 1 fully saturated rings. The van der Waals surface area contributed by atoms with Gasteiger partial charge in [-0.15, -0.1) is 0 Å². The lowest BCUT2D eigenvalue weighted by atomic mass is 9.75. The van der Waals surface area contributed by atoms with E-state index in [0.29, 0.717) is 18.4 Å². The van der Waals surface area contributed by atoms with E-state index in [0.717, 1.165) is 18.4 Å². The Bertz CT molecular complexity index is 494. The first kappa shape index (κ1) is 13.6. The Morgan fingerprint density at radius 3 is 2.42 bits per heavy atom. The Morgan fingerprint density at radius 1 is 1.37 bits per heavy atom. The highest BCUT2D eigenvalue weighted by atomic mass is 16.3. The molecule has 0 atom stereocenters. The molecule has 1 aliphatic rings. The minimum absolute atomic E-state index is 0.0688. The van der Waals surface area contributed by atoms with Crippen LogP contribution in [0.3, 0.4) is 0 Å². The molecule has 2 rings (SSSR count). The quantitative estimate of drug-likeness (QED) is 0.850. The number of nitrogens with zero attached hydrogens (tertiary/aromatic N) is 1. The fourth-order valence-electron chi connectivity index (χ4n) is 2.78. The van der Waals surface area contributed by atoms with Gasteiger partial charge in [-0.25, -0.2) is 0 Å². The molecule has 0 heterocycles. The number of aliphatic hydroxyl groups excluding tert-OH is 1. The van der Waals surface area contributed by atoms with E-state index in [9.17, 15) is 9.90 Å². The van der Waals surface area contributed by atoms with Crippen LogP contribution >= 0.6 is 0 Å². The van der Waals surface area contributed by atoms with Gasteiger partial charge in [-0.2, -0.15) is 5.26 Å². The van der Waals surface area contributed by atoms with Gasteiger partial charge in [0, 0.05) is 6.92 Å². The zero-order valence-corrected chi connectivity index (χ0v) is 11.0. The van der Waals surface area contributed by atoms with Crippen LogP contribution in [0.5, 0.6) is 0 Å². The fourth-order valence-corrected chi connectivity index (χ4v) is 2.78. The maximum Gasteiger partial charge on any atom is 0.217 e. The van der Waals surface area contributed by atoms with Crippen LogP contribution < -0.4 is 5.32 Å². The van der Waals surface area contributed by atoms with Crippen molar-refractivity contribution in [3.05, 3.63) is 35.4 Å². The van der Waals surface area contributed by atoms with E-state index in [4.69, 9.17) is 5.26 Å². The maximum absolute atomic E-state index is 11.5. The minimum atomic E-state index is -0.404. The molecule has 4 nitrogen and oxygen atoms in total. The van der Waals surface area contributed by atoms with Gasteiger partial charge in [-0.3, -0.25) is 4.79 Å². The highest BCUT2D eigenvalue weighted by Crippen LogP contribution is 2.37. The zero-order chi connectivity index (χ0) is 13.9. The molecule has 0 bridgehead atoms. The van der Waals surface area contributed by atoms with Gasteiger partial charge in [0.05, 0.1) is 23.3 Å². The van der Waals surface area contributed by atoms with E-state index in [1.54, 1.807) is 12.1 Å². The van der Waals surface area contributed by atoms with Gasteiger partial charge in [0.25, 0.3) is 0 Å². The van der Waals surface area contributed by atoms with Gasteiger partial charge < -0.3 is 10.4 Å². The van der Waals surface area contributed by atoms with Crippen LogP contribution in [-0.4, -0.2) is 17.1 Å². The van der Waals surface area contributed by atoms with Crippen molar-refractivity contribution in [1.29, 1.82) is 5.26 Å². The number of rotatable bonds is 2. The normalized spacial score (nSPS) is 26.5. The van der Waals surface area contributed by atoms with E-state index < -0.39 is 5.54 Å². The Kier molecular flexibility index (Phi) is 3.87. The number of nitriles is 1. The molecule has 0 aromatic heterocycles. The summed E-state index contributed by atoms with van der Waals surface area (Å²) in [6, 6.07) is 9.42. The number of amides is 1. The van der Waals surface area contributed by atoms with Crippen LogP contribution in [0.2, 0.25) is 0 Å². The Morgan fingerprint density at radius 2 is 1.95 bits per heavy atom. The van der Waals surface area contributed by atoms with Crippen molar-refractivity contribution < 1.29 is 9.90 Å². The third-order valence-corrected chi connectivity index (χ3v) is 3.79. The highest BCUT2D eigenvalue weighted by molar-refractivity contribution is 5.74. The summed E-state index contributed by atoms with van der Waals surface area (Å²) in [5.74, 6) is -0.0688. The van der Waals surface area contributed by atoms with Crippen molar-refractivity contribution in [2.24, 2.45) is 0 Å². The van der Waals surface area contributed by atoms with Crippen LogP contribution in [-0.2, 0) is 10.3 Å². The number of carbonyl (C=O) groups excluding carboxylic acids is 1. The number of nitrogens with one attached hydrogen (secondary N) is 1. The van der Waals surface area contributed by atoms with Gasteiger partial charge in [0.1, 0.15) is 0 Å². The molecule has 2 N–H and O–H groups in total. The van der Waals surface area contributed by atoms with Crippen LogP contribution in [0.1, 0.15) is 43.7 Å². The molecule has 0 aliphatic heterocycles. The number of aliphatic hydroxyl groups is 1. The molecule has 0 radical (unpaired) electrons. The lowest BCUT2D eigenvalue weighted by Crippen LogP contribution is -2.48. The molecule has 0 spiro atoms. The smallest absolute Gasteiger partial charge is 0.217 e. The highest BCUT2D eigenvalue weighted by Gasteiger charge is 2.37. The molecule has 0 unspecified atom stereocenters. The van der Waals surface area contributed by atoms with Crippen LogP contribution in [0.25, 0.3) is 0 Å². The number of hydrogen-bond acceptors (Lipinski definition) is 3. The standard InChI is InChI=1S/C15H18N2O2/c1-11(18)17-15(8-6-14(19)7-9-15)13-4-2-12(10-16)3-5-13/h2-5,14,19H,6-9H2,1H3,(H,17,18). The largest absolute Gasteiger partial charge is 0.393 e. The molecule has 0 saturated heterocycles. The molecule has 1 aromatic rings. The molecule has 100 valence electrons. The minimum Gasteiger partial charge on any atom is -0.393 e. The summed E-state index contributed by atoms with van der Waals surface area (Å²) in [7, 11) is 0. The Balaban J connectivity index is 2.31. The number of carbonyl (C=O) groups is 1. The summed E-state index contributed by atoms with van der Waals surface area (Å²) in [6.07, 6.45) is 2.53. The first-order valence-corrected chi connectivity index (χ1v) is 6.53. The van der Waals surface area contributed by atoms with Crippen molar-refractivity contribution >= 4 is 5.91 Å². The van der Waals surface area contributed by atoms with Crippen molar-refractivity contribution in [2.75, 3.05) is 0 Å². The maximum atomic E-state index is 11.5. The first-order valence-electron chi connectivity index (χ1n) is 6.53. The van der Waals surface area contributed by atoms with E-state index in [2.05, 4.69) is 11.4 Å². The second-order valence-electron chi connectivity index (χ2n) is 5.18. The average molecular weight is 258 g/mol. The van der Waals surface area contributed by atoms with Gasteiger partial charge in [0.15, 0.2) is 0 Å². The van der Waals surface area contributed by atoms with E-state index in [1.807, 2.05) is 12.1 Å². The molecular formula is C15H18N2O2. The average Bonchev–Trinajstić information content (AvgIpc) is 2.41. The predicted molar refractivity (Wildman–Crippen MR) is 71.1 cm³/mol. The second-order valence-corrected chi connectivity index (χ2v) is 5.18. The Hall–Kier alpha value is -1.86.